The van der Waals surface area contributed by atoms with Gasteiger partial charge in [-0.25, -0.2) is 4.39 Å². The molecular formula is C49H51FIrNO4-. The first-order valence-electron chi connectivity index (χ1n) is 19.3. The maximum Gasteiger partial charge on any atom is 0.174 e. The Hall–Kier alpha value is -5.10. The Labute approximate surface area is 343 Å². The molecule has 0 aliphatic heterocycles. The zero-order valence-corrected chi connectivity index (χ0v) is 35.8. The van der Waals surface area contributed by atoms with Gasteiger partial charge in [0.2, 0.25) is 0 Å². The minimum Gasteiger partial charge on any atom is -0.512 e. The topological polar surface area (TPSA) is 67.5 Å². The zero-order chi connectivity index (χ0) is 39.6. The van der Waals surface area contributed by atoms with E-state index in [9.17, 15) is 9.90 Å². The molecule has 0 spiro atoms. The standard InChI is InChI=1S/C36H27FNO2.C13H24O2.Ir/c1-20-18-21(2)22(3)30(19-20)33-36-29(16-17-38(33)5)28-15-14-27(32(37)35(28)40-36)24-10-12-25(13-11-24)34-23(4)26-8-6-7-9-31(26)39-34;1-5-10(6-2)12(14)9-13(15)11(7-3)8-4;/h6-19H,3,5H2,1-2,4H3;9-11,14H,5-8H2,1-4H3;/q-1;;/b;12-9-;. The van der Waals surface area contributed by atoms with Crippen LogP contribution in [-0.4, -0.2) is 10.9 Å². The smallest absolute Gasteiger partial charge is 0.174 e. The van der Waals surface area contributed by atoms with E-state index < -0.39 is 5.82 Å². The van der Waals surface area contributed by atoms with E-state index in [1.807, 2.05) is 101 Å². The fourth-order valence-corrected chi connectivity index (χ4v) is 7.60. The van der Waals surface area contributed by atoms with Crippen LogP contribution in [0, 0.1) is 52.4 Å². The van der Waals surface area contributed by atoms with Crippen LogP contribution in [-0.2, 0) is 24.9 Å². The summed E-state index contributed by atoms with van der Waals surface area (Å²) in [5.41, 5.74) is 9.75. The van der Waals surface area contributed by atoms with Crippen molar-refractivity contribution in [1.29, 1.82) is 0 Å². The van der Waals surface area contributed by atoms with Crippen molar-refractivity contribution in [3.05, 3.63) is 139 Å². The summed E-state index contributed by atoms with van der Waals surface area (Å²) in [4.78, 5) is 11.7. The van der Waals surface area contributed by atoms with Crippen molar-refractivity contribution in [3.8, 4) is 33.7 Å². The molecule has 0 saturated heterocycles. The van der Waals surface area contributed by atoms with Crippen molar-refractivity contribution in [2.45, 2.75) is 74.1 Å². The summed E-state index contributed by atoms with van der Waals surface area (Å²) in [6, 6.07) is 25.7. The van der Waals surface area contributed by atoms with E-state index >= 15 is 4.39 Å². The summed E-state index contributed by atoms with van der Waals surface area (Å²) < 4.78 is 30.3. The number of carbonyl (C=O) groups is 1. The van der Waals surface area contributed by atoms with Gasteiger partial charge in [0.1, 0.15) is 22.6 Å². The largest absolute Gasteiger partial charge is 0.512 e. The Morgan fingerprint density at radius 2 is 1.41 bits per heavy atom. The molecule has 7 heteroatoms. The summed E-state index contributed by atoms with van der Waals surface area (Å²) in [5, 5.41) is 12.4. The van der Waals surface area contributed by atoms with Crippen molar-refractivity contribution in [1.82, 2.24) is 0 Å². The Kier molecular flexibility index (Phi) is 13.4. The maximum atomic E-state index is 16.1. The van der Waals surface area contributed by atoms with Crippen LogP contribution < -0.4 is 4.57 Å². The minimum atomic E-state index is -0.391. The van der Waals surface area contributed by atoms with Gasteiger partial charge < -0.3 is 18.5 Å². The van der Waals surface area contributed by atoms with Gasteiger partial charge >= 0.3 is 0 Å². The number of nitrogens with zero attached hydrogens (tertiary/aromatic N) is 1. The third kappa shape index (κ3) is 8.07. The average molecular weight is 929 g/mol. The number of ketones is 1. The molecule has 0 saturated carbocycles. The zero-order valence-electron chi connectivity index (χ0n) is 33.4. The predicted molar refractivity (Wildman–Crippen MR) is 223 cm³/mol. The molecule has 0 aliphatic rings. The normalized spacial score (nSPS) is 11.7. The van der Waals surface area contributed by atoms with Gasteiger partial charge in [-0.05, 0) is 63.3 Å². The molecule has 4 aromatic carbocycles. The molecule has 7 rings (SSSR count). The first-order chi connectivity index (χ1) is 26.4. The molecule has 0 aliphatic carbocycles. The molecule has 0 amide bonds. The third-order valence-corrected chi connectivity index (χ3v) is 11.0. The van der Waals surface area contributed by atoms with Gasteiger partial charge in [-0.1, -0.05) is 88.7 Å². The molecule has 293 valence electrons. The summed E-state index contributed by atoms with van der Waals surface area (Å²) >= 11 is 0. The van der Waals surface area contributed by atoms with Crippen LogP contribution in [0.5, 0.6) is 0 Å². The number of para-hydroxylation sites is 1. The van der Waals surface area contributed by atoms with Crippen LogP contribution in [0.4, 0.5) is 4.39 Å². The van der Waals surface area contributed by atoms with Crippen LogP contribution in [0.1, 0.15) is 75.6 Å². The number of hydrogen-bond acceptors (Lipinski definition) is 4. The van der Waals surface area contributed by atoms with Gasteiger partial charge in [0.15, 0.2) is 17.2 Å². The Morgan fingerprint density at radius 3 is 2.05 bits per heavy atom. The number of carbonyl (C=O) groups excluding carboxylic acids is 1. The molecule has 3 heterocycles. The number of hydrogen-bond donors (Lipinski definition) is 1. The molecule has 5 nitrogen and oxygen atoms in total. The molecule has 0 unspecified atom stereocenters. The fourth-order valence-electron chi connectivity index (χ4n) is 7.60. The van der Waals surface area contributed by atoms with E-state index in [-0.39, 0.29) is 49.1 Å². The quantitative estimate of drug-likeness (QED) is 0.0642. The molecule has 1 N–H and O–H groups in total. The number of furan rings is 2. The number of aliphatic hydroxyl groups excluding tert-OH is 1. The van der Waals surface area contributed by atoms with Crippen molar-refractivity contribution in [3.63, 3.8) is 0 Å². The number of halogens is 1. The summed E-state index contributed by atoms with van der Waals surface area (Å²) in [5.74, 6) is 0.982. The number of allylic oxidation sites excluding steroid dienone is 2. The second-order valence-electron chi connectivity index (χ2n) is 14.5. The summed E-state index contributed by atoms with van der Waals surface area (Å²) in [7, 11) is 4.19. The van der Waals surface area contributed by atoms with E-state index in [4.69, 9.17) is 8.83 Å². The number of fused-ring (bicyclic) bond motifs is 4. The van der Waals surface area contributed by atoms with Crippen molar-refractivity contribution >= 4 is 38.7 Å². The Morgan fingerprint density at radius 1 is 0.786 bits per heavy atom. The SMILES string of the molecule is CCC(CC)C(=O)/C=C(\O)C(CC)CC.[CH2-]c1c(C)cc(C)cc1-c1c2oc3c(F)c(-c4ccc(-c5oc6ccccc6c5C)cc4)ccc3c2cc[n+]1[CH2-].[Ir]. The number of aliphatic hydroxyl groups is 1. The first-order valence-corrected chi connectivity index (χ1v) is 19.3. The van der Waals surface area contributed by atoms with Crippen LogP contribution >= 0.6 is 0 Å². The molecule has 0 bridgehead atoms. The third-order valence-electron chi connectivity index (χ3n) is 11.0. The van der Waals surface area contributed by atoms with Gasteiger partial charge in [0.25, 0.3) is 0 Å². The van der Waals surface area contributed by atoms with Gasteiger partial charge in [-0.2, -0.15) is 18.1 Å². The van der Waals surface area contributed by atoms with Gasteiger partial charge in [-0.15, -0.1) is 17.7 Å². The maximum absolute atomic E-state index is 16.1. The summed E-state index contributed by atoms with van der Waals surface area (Å²) in [6.07, 6.45) is 6.79. The minimum absolute atomic E-state index is 0. The molecule has 1 radical (unpaired) electrons. The van der Waals surface area contributed by atoms with Crippen molar-refractivity contribution < 1.29 is 47.8 Å². The number of aryl methyl sites for hydroxylation is 3. The Balaban J connectivity index is 0.000000322. The van der Waals surface area contributed by atoms with Crippen molar-refractivity contribution in [2.75, 3.05) is 0 Å². The molecule has 3 aromatic heterocycles. The molecule has 0 atom stereocenters. The van der Waals surface area contributed by atoms with E-state index in [2.05, 4.69) is 46.0 Å². The molecule has 7 aromatic rings. The predicted octanol–water partition coefficient (Wildman–Crippen LogP) is 13.4. The number of benzene rings is 4. The Bertz CT molecular complexity index is 2530. The fraction of sp³-hybridized carbons (Fsp3) is 0.265. The first kappa shape index (κ1) is 42.1. The number of aromatic nitrogens is 1. The van der Waals surface area contributed by atoms with Crippen molar-refractivity contribution in [2.24, 2.45) is 11.8 Å². The van der Waals surface area contributed by atoms with Crippen LogP contribution in [0.15, 0.2) is 106 Å². The van der Waals surface area contributed by atoms with E-state index in [1.165, 1.54) is 6.08 Å². The molecule has 56 heavy (non-hydrogen) atoms. The van der Waals surface area contributed by atoms with Gasteiger partial charge in [0, 0.05) is 77.9 Å². The van der Waals surface area contributed by atoms with Crippen LogP contribution in [0.25, 0.3) is 66.6 Å². The van der Waals surface area contributed by atoms with E-state index in [0.29, 0.717) is 11.1 Å². The molecular weight excluding hydrogens is 878 g/mol. The van der Waals surface area contributed by atoms with Crippen LogP contribution in [0.2, 0.25) is 0 Å². The second-order valence-corrected chi connectivity index (χ2v) is 14.5. The monoisotopic (exact) mass is 929 g/mol. The molecule has 0 fully saturated rings. The second kappa shape index (κ2) is 17.8. The van der Waals surface area contributed by atoms with Gasteiger partial charge in [0.05, 0.1) is 12.0 Å². The number of rotatable bonds is 10. The van der Waals surface area contributed by atoms with E-state index in [0.717, 1.165) is 97.8 Å². The summed E-state index contributed by atoms with van der Waals surface area (Å²) in [6.45, 7) is 18.5. The average Bonchev–Trinajstić information content (AvgIpc) is 3.73. The van der Waals surface area contributed by atoms with Crippen LogP contribution in [0.3, 0.4) is 0 Å². The van der Waals surface area contributed by atoms with Gasteiger partial charge in [-0.3, -0.25) is 4.79 Å². The number of pyridine rings is 1. The van der Waals surface area contributed by atoms with E-state index in [1.54, 1.807) is 4.57 Å².